The van der Waals surface area contributed by atoms with E-state index in [2.05, 4.69) is 4.98 Å². The summed E-state index contributed by atoms with van der Waals surface area (Å²) in [4.78, 5) is 29.2. The topological polar surface area (TPSA) is 53.5 Å². The van der Waals surface area contributed by atoms with Gasteiger partial charge in [0.1, 0.15) is 10.4 Å². The van der Waals surface area contributed by atoms with Crippen molar-refractivity contribution in [3.05, 3.63) is 54.4 Å². The maximum Gasteiger partial charge on any atom is 0.332 e. The van der Waals surface area contributed by atoms with Crippen LogP contribution in [0.5, 0.6) is 0 Å². The number of carbonyl (C=O) groups excluding carboxylic acids is 2. The highest BCUT2D eigenvalue weighted by Crippen LogP contribution is 3.02. The summed E-state index contributed by atoms with van der Waals surface area (Å²) >= 11 is 0. The molecule has 0 bridgehead atoms. The van der Waals surface area contributed by atoms with Crippen molar-refractivity contribution in [2.24, 2.45) is 0 Å². The molecule has 1 saturated heterocycles. The molecule has 0 aliphatic carbocycles. The zero-order valence-electron chi connectivity index (χ0n) is 14.8. The number of halogens is 5. The number of rotatable bonds is 4. The predicted molar refractivity (Wildman–Crippen MR) is 94.6 cm³/mol. The average molecular weight is 421 g/mol. The number of carbonyl (C=O) groups is 2. The summed E-state index contributed by atoms with van der Waals surface area (Å²) in [6, 6.07) is 4.28. The molecule has 1 aromatic heterocycles. The monoisotopic (exact) mass is 421 g/mol. The van der Waals surface area contributed by atoms with Gasteiger partial charge in [-0.1, -0.05) is 19.4 Å². The van der Waals surface area contributed by atoms with E-state index in [0.717, 1.165) is 0 Å². The van der Waals surface area contributed by atoms with E-state index in [4.69, 9.17) is 0 Å². The first-order valence-electron chi connectivity index (χ1n) is 8.00. The largest absolute Gasteiger partial charge is 0.332 e. The third kappa shape index (κ3) is 3.53. The van der Waals surface area contributed by atoms with Gasteiger partial charge in [-0.25, -0.2) is 9.69 Å². The summed E-state index contributed by atoms with van der Waals surface area (Å²) in [5.41, 5.74) is -0.799. The molecule has 2 heterocycles. The van der Waals surface area contributed by atoms with Crippen molar-refractivity contribution in [3.8, 4) is 0 Å². The van der Waals surface area contributed by atoms with Gasteiger partial charge in [-0.05, 0) is 55.8 Å². The van der Waals surface area contributed by atoms with Gasteiger partial charge in [0.25, 0.3) is 5.91 Å². The van der Waals surface area contributed by atoms with Crippen LogP contribution in [0.4, 0.5) is 29.9 Å². The summed E-state index contributed by atoms with van der Waals surface area (Å²) in [5.74, 6) is -0.674. The lowest BCUT2D eigenvalue weighted by Crippen LogP contribution is -2.43. The van der Waals surface area contributed by atoms with E-state index in [-0.39, 0.29) is 24.4 Å². The Bertz CT molecular complexity index is 947. The minimum atomic E-state index is -9.84. The van der Waals surface area contributed by atoms with Crippen molar-refractivity contribution in [2.45, 2.75) is 30.8 Å². The number of benzene rings is 1. The highest BCUT2D eigenvalue weighted by atomic mass is 32.5. The zero-order chi connectivity index (χ0) is 21.0. The van der Waals surface area contributed by atoms with Gasteiger partial charge in [-0.2, -0.15) is 0 Å². The quantitative estimate of drug-likeness (QED) is 0.485. The highest BCUT2D eigenvalue weighted by Gasteiger charge is 2.65. The first-order chi connectivity index (χ1) is 12.6. The highest BCUT2D eigenvalue weighted by molar-refractivity contribution is 8.45. The summed E-state index contributed by atoms with van der Waals surface area (Å²) in [5, 5.41) is 0. The molecule has 28 heavy (non-hydrogen) atoms. The number of pyridine rings is 1. The molecule has 5 nitrogen and oxygen atoms in total. The Morgan fingerprint density at radius 1 is 0.929 bits per heavy atom. The van der Waals surface area contributed by atoms with E-state index < -0.39 is 32.6 Å². The van der Waals surface area contributed by atoms with E-state index in [1.165, 1.54) is 31.1 Å². The zero-order valence-corrected chi connectivity index (χ0v) is 15.6. The maximum absolute atomic E-state index is 12.9. The van der Waals surface area contributed by atoms with Crippen LogP contribution in [0.1, 0.15) is 19.4 Å². The fourth-order valence-corrected chi connectivity index (χ4v) is 3.50. The summed E-state index contributed by atoms with van der Waals surface area (Å²) in [7, 11) is -9.84. The molecule has 11 heteroatoms. The van der Waals surface area contributed by atoms with Crippen LogP contribution in [-0.4, -0.2) is 27.4 Å². The summed E-state index contributed by atoms with van der Waals surface area (Å²) in [6.07, 6.45) is 3.03. The Hall–Kier alpha value is -2.69. The number of hydrogen-bond donors (Lipinski definition) is 0. The molecule has 2 aromatic rings. The van der Waals surface area contributed by atoms with Gasteiger partial charge in [0.2, 0.25) is 0 Å². The van der Waals surface area contributed by atoms with Crippen LogP contribution >= 0.6 is 10.2 Å². The molecule has 0 unspecified atom stereocenters. The molecule has 0 spiro atoms. The molecule has 0 radical (unpaired) electrons. The lowest BCUT2D eigenvalue weighted by atomic mass is 10.0. The number of aromatic nitrogens is 1. The fourth-order valence-electron chi connectivity index (χ4n) is 2.85. The molecule has 1 aliphatic rings. The average Bonchev–Trinajstić information content (AvgIpc) is 2.74. The predicted octanol–water partition coefficient (Wildman–Crippen LogP) is 5.49. The van der Waals surface area contributed by atoms with Gasteiger partial charge in [-0.3, -0.25) is 9.78 Å². The van der Waals surface area contributed by atoms with E-state index >= 15 is 0 Å². The van der Waals surface area contributed by atoms with Crippen molar-refractivity contribution in [1.29, 1.82) is 0 Å². The van der Waals surface area contributed by atoms with Gasteiger partial charge in [0, 0.05) is 18.9 Å². The van der Waals surface area contributed by atoms with Crippen molar-refractivity contribution < 1.29 is 29.0 Å². The van der Waals surface area contributed by atoms with E-state index in [1.807, 2.05) is 0 Å². The Morgan fingerprint density at radius 3 is 1.96 bits per heavy atom. The second-order valence-electron chi connectivity index (χ2n) is 6.89. The SMILES string of the molecule is CC1(C)C(=O)N(c2ccc(S(F)(F)(F)(F)F)cc2)C(=O)N1Cc1ccncc1. The Labute approximate surface area is 157 Å². The van der Waals surface area contributed by atoms with Crippen LogP contribution in [0, 0.1) is 0 Å². The number of amides is 3. The second-order valence-corrected chi connectivity index (χ2v) is 9.30. The normalized spacial score (nSPS) is 19.5. The van der Waals surface area contributed by atoms with Gasteiger partial charge < -0.3 is 4.90 Å². The Balaban J connectivity index is 1.95. The van der Waals surface area contributed by atoms with E-state index in [9.17, 15) is 29.0 Å². The molecule has 1 fully saturated rings. The van der Waals surface area contributed by atoms with Crippen molar-refractivity contribution >= 4 is 27.8 Å². The first kappa shape index (κ1) is 20.1. The van der Waals surface area contributed by atoms with Crippen LogP contribution < -0.4 is 4.90 Å². The van der Waals surface area contributed by atoms with Crippen LogP contribution in [0.2, 0.25) is 0 Å². The maximum atomic E-state index is 12.9. The van der Waals surface area contributed by atoms with Gasteiger partial charge >= 0.3 is 16.3 Å². The summed E-state index contributed by atoms with van der Waals surface area (Å²) in [6.45, 7) is 3.06. The van der Waals surface area contributed by atoms with Gasteiger partial charge in [-0.15, -0.1) is 0 Å². The van der Waals surface area contributed by atoms with E-state index in [1.54, 1.807) is 12.1 Å². The number of anilines is 1. The fraction of sp³-hybridized carbons (Fsp3) is 0.235. The number of hydrogen-bond acceptors (Lipinski definition) is 3. The minimum absolute atomic E-state index is 0.0696. The molecular formula is C17H16F5N3O2S. The number of nitrogens with zero attached hydrogens (tertiary/aromatic N) is 3. The number of imide groups is 1. The molecule has 0 saturated carbocycles. The molecule has 3 amide bonds. The smallest absolute Gasteiger partial charge is 0.305 e. The first-order valence-corrected chi connectivity index (χ1v) is 9.95. The third-order valence-corrected chi connectivity index (χ3v) is 5.62. The standard InChI is InChI=1S/C17H16F5N3O2S/c1-17(2)15(26)25(16(27)24(17)11-12-7-9-23-10-8-12)13-3-5-14(6-4-13)28(18,19,20,21)22/h3-10H,11H2,1-2H3. The van der Waals surface area contributed by atoms with Gasteiger partial charge in [0.05, 0.1) is 5.69 Å². The van der Waals surface area contributed by atoms with E-state index in [0.29, 0.717) is 22.6 Å². The molecule has 1 aliphatic heterocycles. The summed E-state index contributed by atoms with van der Waals surface area (Å²) < 4.78 is 64.4. The third-order valence-electron chi connectivity index (χ3n) is 4.45. The number of urea groups is 1. The molecule has 3 rings (SSSR count). The molecular weight excluding hydrogens is 405 g/mol. The Morgan fingerprint density at radius 2 is 1.46 bits per heavy atom. The molecule has 0 atom stereocenters. The molecule has 1 aromatic carbocycles. The van der Waals surface area contributed by atoms with Crippen molar-refractivity contribution in [2.75, 3.05) is 4.90 Å². The lowest BCUT2D eigenvalue weighted by Gasteiger charge is -2.40. The van der Waals surface area contributed by atoms with Crippen LogP contribution in [0.25, 0.3) is 0 Å². The van der Waals surface area contributed by atoms with Crippen LogP contribution in [0.15, 0.2) is 53.7 Å². The molecule has 152 valence electrons. The van der Waals surface area contributed by atoms with Crippen molar-refractivity contribution in [1.82, 2.24) is 9.88 Å². The van der Waals surface area contributed by atoms with Crippen LogP contribution in [-0.2, 0) is 11.3 Å². The minimum Gasteiger partial charge on any atom is -0.305 e. The Kier molecular flexibility index (Phi) is 3.89. The lowest BCUT2D eigenvalue weighted by molar-refractivity contribution is -0.123. The van der Waals surface area contributed by atoms with Crippen molar-refractivity contribution in [3.63, 3.8) is 0 Å². The van der Waals surface area contributed by atoms with Gasteiger partial charge in [0.15, 0.2) is 0 Å². The molecule has 0 N–H and O–H groups in total. The second kappa shape index (κ2) is 5.43. The van der Waals surface area contributed by atoms with Crippen LogP contribution in [0.3, 0.4) is 0 Å².